The molecule has 0 radical (unpaired) electrons. The summed E-state index contributed by atoms with van der Waals surface area (Å²) in [7, 11) is 0. The number of imidazole rings is 1. The summed E-state index contributed by atoms with van der Waals surface area (Å²) in [6, 6.07) is 10.2. The Balaban J connectivity index is 0.000000230. The number of nitrogens with zero attached hydrogens (tertiary/aromatic N) is 2. The number of amides is 1. The molecule has 0 fully saturated rings. The molecule has 0 aliphatic carbocycles. The summed E-state index contributed by atoms with van der Waals surface area (Å²) in [5, 5.41) is 20.5. The molecule has 1 unspecified atom stereocenters. The Bertz CT molecular complexity index is 948. The number of carbonyl (C=O) groups is 2. The Morgan fingerprint density at radius 2 is 1.79 bits per heavy atom. The second-order valence-corrected chi connectivity index (χ2v) is 7.20. The maximum atomic E-state index is 11.6. The fraction of sp³-hybridized carbons (Fsp3) is 0.318. The van der Waals surface area contributed by atoms with Crippen LogP contribution in [0.25, 0.3) is 5.65 Å². The average molecular weight is 397 g/mol. The van der Waals surface area contributed by atoms with Crippen LogP contribution in [0.3, 0.4) is 0 Å². The molecule has 3 aromatic rings. The lowest BCUT2D eigenvalue weighted by Crippen LogP contribution is -2.27. The van der Waals surface area contributed by atoms with E-state index in [9.17, 15) is 9.59 Å². The number of hydrogen-bond donors (Lipinski definition) is 3. The van der Waals surface area contributed by atoms with Crippen LogP contribution >= 0.6 is 0 Å². The summed E-state index contributed by atoms with van der Waals surface area (Å²) in [6.07, 6.45) is 5.98. The second kappa shape index (κ2) is 10.4. The number of nitrogens with one attached hydrogen (secondary N) is 1. The predicted octanol–water partition coefficient (Wildman–Crippen LogP) is 3.43. The van der Waals surface area contributed by atoms with Gasteiger partial charge in [0.1, 0.15) is 5.65 Å². The maximum Gasteiger partial charge on any atom is 0.335 e. The van der Waals surface area contributed by atoms with E-state index in [2.05, 4.69) is 10.3 Å². The molecular weight excluding hydrogens is 370 g/mol. The molecular formula is C22H27N3O4. The molecule has 0 aliphatic rings. The minimum Gasteiger partial charge on any atom is -0.478 e. The smallest absolute Gasteiger partial charge is 0.335 e. The van der Waals surface area contributed by atoms with Gasteiger partial charge in [-0.1, -0.05) is 26.0 Å². The number of benzene rings is 1. The van der Waals surface area contributed by atoms with Crippen LogP contribution in [-0.4, -0.2) is 31.5 Å². The SMILES string of the molecule is CC(C)CC(=O)NC(C)c1ccc(C(=O)O)cc1.OCc1ccn2ccnc2c1. The van der Waals surface area contributed by atoms with E-state index in [-0.39, 0.29) is 24.1 Å². The molecule has 1 atom stereocenters. The highest BCUT2D eigenvalue weighted by molar-refractivity contribution is 5.87. The first-order valence-electron chi connectivity index (χ1n) is 9.45. The maximum absolute atomic E-state index is 11.6. The highest BCUT2D eigenvalue weighted by Gasteiger charge is 2.11. The summed E-state index contributed by atoms with van der Waals surface area (Å²) < 4.78 is 1.90. The fourth-order valence-corrected chi connectivity index (χ4v) is 2.72. The lowest BCUT2D eigenvalue weighted by molar-refractivity contribution is -0.122. The Morgan fingerprint density at radius 1 is 1.10 bits per heavy atom. The largest absolute Gasteiger partial charge is 0.478 e. The molecule has 29 heavy (non-hydrogen) atoms. The van der Waals surface area contributed by atoms with Gasteiger partial charge in [-0.2, -0.15) is 0 Å². The van der Waals surface area contributed by atoms with Crippen LogP contribution in [0, 0.1) is 5.92 Å². The van der Waals surface area contributed by atoms with E-state index in [1.165, 1.54) is 0 Å². The topological polar surface area (TPSA) is 104 Å². The van der Waals surface area contributed by atoms with Crippen molar-refractivity contribution >= 4 is 17.5 Å². The molecule has 0 saturated heterocycles. The van der Waals surface area contributed by atoms with Crippen LogP contribution in [0.1, 0.15) is 54.7 Å². The quantitative estimate of drug-likeness (QED) is 0.591. The molecule has 7 heteroatoms. The number of aliphatic hydroxyl groups excluding tert-OH is 1. The van der Waals surface area contributed by atoms with E-state index in [1.807, 2.05) is 49.7 Å². The van der Waals surface area contributed by atoms with Crippen LogP contribution in [0.2, 0.25) is 0 Å². The Labute approximate surface area is 170 Å². The number of hydrogen-bond acceptors (Lipinski definition) is 4. The van der Waals surface area contributed by atoms with Crippen LogP contribution in [0.5, 0.6) is 0 Å². The Kier molecular flexibility index (Phi) is 7.91. The van der Waals surface area contributed by atoms with Gasteiger partial charge < -0.3 is 19.9 Å². The fourth-order valence-electron chi connectivity index (χ4n) is 2.72. The van der Waals surface area contributed by atoms with Gasteiger partial charge in [-0.15, -0.1) is 0 Å². The summed E-state index contributed by atoms with van der Waals surface area (Å²) in [4.78, 5) is 26.4. The highest BCUT2D eigenvalue weighted by atomic mass is 16.4. The zero-order chi connectivity index (χ0) is 21.4. The molecule has 2 heterocycles. The summed E-state index contributed by atoms with van der Waals surface area (Å²) in [6.45, 7) is 5.94. The number of fused-ring (bicyclic) bond motifs is 1. The number of carboxylic acid groups (broad SMARTS) is 1. The number of pyridine rings is 1. The van der Waals surface area contributed by atoms with Gasteiger partial charge in [-0.25, -0.2) is 9.78 Å². The zero-order valence-electron chi connectivity index (χ0n) is 16.9. The first-order chi connectivity index (χ1) is 13.8. The van der Waals surface area contributed by atoms with E-state index >= 15 is 0 Å². The minimum atomic E-state index is -0.946. The number of carbonyl (C=O) groups excluding carboxylic acids is 1. The summed E-state index contributed by atoms with van der Waals surface area (Å²) >= 11 is 0. The van der Waals surface area contributed by atoms with E-state index in [0.29, 0.717) is 12.3 Å². The normalized spacial score (nSPS) is 11.6. The number of carboxylic acids is 1. The third kappa shape index (κ3) is 6.73. The number of aromatic nitrogens is 2. The van der Waals surface area contributed by atoms with Crippen molar-refractivity contribution in [3.8, 4) is 0 Å². The summed E-state index contributed by atoms with van der Waals surface area (Å²) in [5.74, 6) is -0.607. The first-order valence-corrected chi connectivity index (χ1v) is 9.45. The molecule has 0 saturated carbocycles. The Morgan fingerprint density at radius 3 is 2.38 bits per heavy atom. The van der Waals surface area contributed by atoms with Gasteiger partial charge in [-0.3, -0.25) is 4.79 Å². The first kappa shape index (κ1) is 22.1. The monoisotopic (exact) mass is 397 g/mol. The van der Waals surface area contributed by atoms with Crippen LogP contribution in [0.4, 0.5) is 0 Å². The van der Waals surface area contributed by atoms with Gasteiger partial charge in [-0.05, 0) is 48.2 Å². The van der Waals surface area contributed by atoms with Gasteiger partial charge in [0.15, 0.2) is 0 Å². The predicted molar refractivity (Wildman–Crippen MR) is 111 cm³/mol. The molecule has 0 spiro atoms. The van der Waals surface area contributed by atoms with Crippen LogP contribution < -0.4 is 5.32 Å². The van der Waals surface area contributed by atoms with E-state index in [4.69, 9.17) is 10.2 Å². The van der Waals surface area contributed by atoms with E-state index < -0.39 is 5.97 Å². The summed E-state index contributed by atoms with van der Waals surface area (Å²) in [5.41, 5.74) is 2.91. The van der Waals surface area contributed by atoms with Gasteiger partial charge in [0.2, 0.25) is 5.91 Å². The van der Waals surface area contributed by atoms with Crippen molar-refractivity contribution in [1.29, 1.82) is 0 Å². The van der Waals surface area contributed by atoms with E-state index in [1.54, 1.807) is 30.5 Å². The van der Waals surface area contributed by atoms with Crippen molar-refractivity contribution in [3.05, 3.63) is 71.7 Å². The number of aromatic carboxylic acids is 1. The van der Waals surface area contributed by atoms with Gasteiger partial charge in [0.05, 0.1) is 18.2 Å². The van der Waals surface area contributed by atoms with Gasteiger partial charge in [0, 0.05) is 25.0 Å². The molecule has 2 aromatic heterocycles. The van der Waals surface area contributed by atoms with Crippen molar-refractivity contribution in [2.45, 2.75) is 39.8 Å². The average Bonchev–Trinajstić information content (AvgIpc) is 3.15. The van der Waals surface area contributed by atoms with Crippen LogP contribution in [0.15, 0.2) is 55.0 Å². The molecule has 154 valence electrons. The second-order valence-electron chi connectivity index (χ2n) is 7.20. The van der Waals surface area contributed by atoms with E-state index in [0.717, 1.165) is 16.8 Å². The molecule has 1 aromatic carbocycles. The molecule has 0 aliphatic heterocycles. The van der Waals surface area contributed by atoms with Crippen molar-refractivity contribution in [2.24, 2.45) is 5.92 Å². The van der Waals surface area contributed by atoms with Crippen molar-refractivity contribution in [2.75, 3.05) is 0 Å². The van der Waals surface area contributed by atoms with Crippen molar-refractivity contribution in [3.63, 3.8) is 0 Å². The molecule has 1 amide bonds. The Hall–Kier alpha value is -3.19. The minimum absolute atomic E-state index is 0.0137. The molecule has 3 rings (SSSR count). The number of rotatable bonds is 6. The molecule has 3 N–H and O–H groups in total. The molecule has 7 nitrogen and oxygen atoms in total. The standard InChI is InChI=1S/C14H19NO3.C8H8N2O/c1-9(2)8-13(16)15-10(3)11-4-6-12(7-5-11)14(17)18;11-6-7-1-3-10-4-2-9-8(10)5-7/h4-7,9-10H,8H2,1-3H3,(H,15,16)(H,17,18);1-5,11H,6H2. The van der Waals surface area contributed by atoms with Gasteiger partial charge >= 0.3 is 5.97 Å². The highest BCUT2D eigenvalue weighted by Crippen LogP contribution is 2.14. The van der Waals surface area contributed by atoms with Gasteiger partial charge in [0.25, 0.3) is 0 Å². The van der Waals surface area contributed by atoms with Crippen LogP contribution in [-0.2, 0) is 11.4 Å². The lowest BCUT2D eigenvalue weighted by Gasteiger charge is -2.15. The molecule has 0 bridgehead atoms. The van der Waals surface area contributed by atoms with Crippen molar-refractivity contribution in [1.82, 2.24) is 14.7 Å². The third-order valence-corrected chi connectivity index (χ3v) is 4.27. The third-order valence-electron chi connectivity index (χ3n) is 4.27. The number of aliphatic hydroxyl groups is 1. The lowest BCUT2D eigenvalue weighted by atomic mass is 10.1. The zero-order valence-corrected chi connectivity index (χ0v) is 16.9. The van der Waals surface area contributed by atoms with Crippen molar-refractivity contribution < 1.29 is 19.8 Å².